The van der Waals surface area contributed by atoms with Crippen LogP contribution in [-0.2, 0) is 19.3 Å². The topological polar surface area (TPSA) is 41.6 Å². The number of halogens is 1. The summed E-state index contributed by atoms with van der Waals surface area (Å²) in [6.45, 7) is 0.611. The Labute approximate surface area is 185 Å². The summed E-state index contributed by atoms with van der Waals surface area (Å²) in [5.41, 5.74) is 4.38. The van der Waals surface area contributed by atoms with Gasteiger partial charge in [0.05, 0.1) is 13.2 Å². The number of hydrogen-bond donors (Lipinski definition) is 1. The molecular formula is C25H25FN2O2S. The Kier molecular flexibility index (Phi) is 5.40. The summed E-state index contributed by atoms with van der Waals surface area (Å²) in [5, 5.41) is 2.89. The second-order valence-corrected chi connectivity index (χ2v) is 9.22. The van der Waals surface area contributed by atoms with Crippen molar-refractivity contribution in [3.63, 3.8) is 0 Å². The lowest BCUT2D eigenvalue weighted by Crippen LogP contribution is -2.42. The number of para-hydroxylation sites is 1. The summed E-state index contributed by atoms with van der Waals surface area (Å²) in [4.78, 5) is 18.0. The van der Waals surface area contributed by atoms with Crippen molar-refractivity contribution in [2.75, 3.05) is 19.0 Å². The molecule has 1 aliphatic carbocycles. The molecule has 0 bridgehead atoms. The number of fused-ring (bicyclic) bond motifs is 3. The average molecular weight is 437 g/mol. The number of hydrogen-bond acceptors (Lipinski definition) is 3. The first-order valence-corrected chi connectivity index (χ1v) is 11.6. The number of carbonyl (C=O) groups excluding carboxylic acids is 1. The van der Waals surface area contributed by atoms with E-state index in [-0.39, 0.29) is 17.9 Å². The van der Waals surface area contributed by atoms with Gasteiger partial charge in [-0.3, -0.25) is 0 Å². The van der Waals surface area contributed by atoms with Gasteiger partial charge in [-0.1, -0.05) is 24.3 Å². The zero-order chi connectivity index (χ0) is 21.4. The van der Waals surface area contributed by atoms with Crippen molar-refractivity contribution in [2.24, 2.45) is 0 Å². The Morgan fingerprint density at radius 3 is 2.77 bits per heavy atom. The van der Waals surface area contributed by atoms with Gasteiger partial charge in [0.1, 0.15) is 11.6 Å². The number of carbonyl (C=O) groups is 1. The smallest absolute Gasteiger partial charge is 0.322 e. The standard InChI is InChI=1S/C25H25FN2O2S/c1-30-21-11-4-2-10-20(21)23-24-19(18-9-3-5-12-22(18)31-24)13-14-28(23)25(29)27-17-8-6-7-16(26)15-17/h2,4,6-8,10-11,15,23H,3,5,9,12-14H2,1H3,(H,27,29). The van der Waals surface area contributed by atoms with E-state index in [2.05, 4.69) is 5.32 Å². The number of methoxy groups -OCH3 is 1. The number of urea groups is 1. The number of amides is 2. The van der Waals surface area contributed by atoms with Gasteiger partial charge in [0.25, 0.3) is 0 Å². The highest BCUT2D eigenvalue weighted by Crippen LogP contribution is 2.46. The molecule has 1 unspecified atom stereocenters. The summed E-state index contributed by atoms with van der Waals surface area (Å²) in [6, 6.07) is 13.5. The van der Waals surface area contributed by atoms with E-state index in [4.69, 9.17) is 4.74 Å². The van der Waals surface area contributed by atoms with Crippen molar-refractivity contribution >= 4 is 23.1 Å². The molecule has 1 atom stereocenters. The molecule has 2 amide bonds. The fourth-order valence-electron chi connectivity index (χ4n) is 4.83. The van der Waals surface area contributed by atoms with E-state index in [0.717, 1.165) is 30.6 Å². The molecule has 4 nitrogen and oxygen atoms in total. The molecule has 31 heavy (non-hydrogen) atoms. The van der Waals surface area contributed by atoms with Gasteiger partial charge in [-0.05, 0) is 67.5 Å². The van der Waals surface area contributed by atoms with Crippen molar-refractivity contribution in [3.05, 3.63) is 80.8 Å². The maximum Gasteiger partial charge on any atom is 0.322 e. The zero-order valence-electron chi connectivity index (χ0n) is 17.5. The third-order valence-corrected chi connectivity index (χ3v) is 7.63. The van der Waals surface area contributed by atoms with Crippen LogP contribution in [0.5, 0.6) is 5.75 Å². The quantitative estimate of drug-likeness (QED) is 0.551. The van der Waals surface area contributed by atoms with Crippen LogP contribution < -0.4 is 10.1 Å². The van der Waals surface area contributed by atoms with Crippen molar-refractivity contribution in [1.29, 1.82) is 0 Å². The Balaban J connectivity index is 1.57. The van der Waals surface area contributed by atoms with Crippen LogP contribution in [0.25, 0.3) is 0 Å². The third kappa shape index (κ3) is 3.69. The average Bonchev–Trinajstić information content (AvgIpc) is 3.17. The predicted octanol–water partition coefficient (Wildman–Crippen LogP) is 5.95. The number of anilines is 1. The van der Waals surface area contributed by atoms with Crippen LogP contribution in [0.2, 0.25) is 0 Å². The van der Waals surface area contributed by atoms with E-state index < -0.39 is 0 Å². The molecular weight excluding hydrogens is 411 g/mol. The number of nitrogens with zero attached hydrogens (tertiary/aromatic N) is 1. The predicted molar refractivity (Wildman–Crippen MR) is 122 cm³/mol. The summed E-state index contributed by atoms with van der Waals surface area (Å²) >= 11 is 1.85. The molecule has 0 saturated heterocycles. The normalized spacial score (nSPS) is 17.6. The van der Waals surface area contributed by atoms with E-state index in [1.807, 2.05) is 40.5 Å². The monoisotopic (exact) mass is 436 g/mol. The van der Waals surface area contributed by atoms with Gasteiger partial charge >= 0.3 is 6.03 Å². The molecule has 2 aromatic carbocycles. The first-order chi connectivity index (χ1) is 15.2. The van der Waals surface area contributed by atoms with Gasteiger partial charge in [0.15, 0.2) is 0 Å². The Bertz CT molecular complexity index is 1130. The van der Waals surface area contributed by atoms with Gasteiger partial charge in [-0.25, -0.2) is 9.18 Å². The van der Waals surface area contributed by atoms with Crippen LogP contribution in [-0.4, -0.2) is 24.6 Å². The lowest BCUT2D eigenvalue weighted by molar-refractivity contribution is 0.194. The number of ether oxygens (including phenoxy) is 1. The molecule has 1 aliphatic heterocycles. The maximum absolute atomic E-state index is 13.6. The van der Waals surface area contributed by atoms with Gasteiger partial charge < -0.3 is 15.0 Å². The summed E-state index contributed by atoms with van der Waals surface area (Å²) in [5.74, 6) is 0.404. The Hall–Kier alpha value is -2.86. The van der Waals surface area contributed by atoms with Crippen LogP contribution in [0.3, 0.4) is 0 Å². The van der Waals surface area contributed by atoms with E-state index in [1.54, 1.807) is 19.2 Å². The van der Waals surface area contributed by atoms with Gasteiger partial charge in [0.2, 0.25) is 0 Å². The summed E-state index contributed by atoms with van der Waals surface area (Å²) in [7, 11) is 1.67. The van der Waals surface area contributed by atoms with Crippen molar-refractivity contribution in [2.45, 2.75) is 38.1 Å². The first kappa shape index (κ1) is 20.1. The number of thiophene rings is 1. The highest BCUT2D eigenvalue weighted by molar-refractivity contribution is 7.12. The fraction of sp³-hybridized carbons (Fsp3) is 0.320. The van der Waals surface area contributed by atoms with E-state index >= 15 is 0 Å². The molecule has 0 radical (unpaired) electrons. The van der Waals surface area contributed by atoms with Gasteiger partial charge in [0, 0.05) is 27.5 Å². The second-order valence-electron chi connectivity index (χ2n) is 8.08. The largest absolute Gasteiger partial charge is 0.496 e. The highest BCUT2D eigenvalue weighted by Gasteiger charge is 2.37. The lowest BCUT2D eigenvalue weighted by atomic mass is 9.88. The molecule has 3 aromatic rings. The molecule has 2 aliphatic rings. The molecule has 1 N–H and O–H groups in total. The van der Waals surface area contributed by atoms with Crippen LogP contribution in [0.1, 0.15) is 45.3 Å². The molecule has 160 valence electrons. The minimum absolute atomic E-state index is 0.218. The summed E-state index contributed by atoms with van der Waals surface area (Å²) in [6.07, 6.45) is 5.58. The molecule has 2 heterocycles. The second kappa shape index (κ2) is 8.35. The minimum atomic E-state index is -0.369. The van der Waals surface area contributed by atoms with Gasteiger partial charge in [-0.15, -0.1) is 11.3 Å². The number of benzene rings is 2. The van der Waals surface area contributed by atoms with Crippen LogP contribution in [0.4, 0.5) is 14.9 Å². The number of rotatable bonds is 3. The molecule has 0 saturated carbocycles. The molecule has 6 heteroatoms. The Morgan fingerprint density at radius 2 is 1.94 bits per heavy atom. The lowest BCUT2D eigenvalue weighted by Gasteiger charge is -2.37. The van der Waals surface area contributed by atoms with Gasteiger partial charge in [-0.2, -0.15) is 0 Å². The zero-order valence-corrected chi connectivity index (χ0v) is 18.3. The fourth-order valence-corrected chi connectivity index (χ4v) is 6.41. The van der Waals surface area contributed by atoms with E-state index in [9.17, 15) is 9.18 Å². The van der Waals surface area contributed by atoms with E-state index in [1.165, 1.54) is 45.9 Å². The van der Waals surface area contributed by atoms with Crippen molar-refractivity contribution in [3.8, 4) is 5.75 Å². The van der Waals surface area contributed by atoms with Crippen molar-refractivity contribution < 1.29 is 13.9 Å². The molecule has 0 spiro atoms. The van der Waals surface area contributed by atoms with E-state index in [0.29, 0.717) is 12.2 Å². The molecule has 5 rings (SSSR count). The highest BCUT2D eigenvalue weighted by atomic mass is 32.1. The van der Waals surface area contributed by atoms with Crippen molar-refractivity contribution in [1.82, 2.24) is 4.90 Å². The first-order valence-electron chi connectivity index (χ1n) is 10.7. The van der Waals surface area contributed by atoms with Crippen LogP contribution in [0, 0.1) is 5.82 Å². The summed E-state index contributed by atoms with van der Waals surface area (Å²) < 4.78 is 19.3. The van der Waals surface area contributed by atoms with Crippen LogP contribution >= 0.6 is 11.3 Å². The Morgan fingerprint density at radius 1 is 1.10 bits per heavy atom. The van der Waals surface area contributed by atoms with Crippen LogP contribution in [0.15, 0.2) is 48.5 Å². The minimum Gasteiger partial charge on any atom is -0.496 e. The molecule has 1 aromatic heterocycles. The third-order valence-electron chi connectivity index (χ3n) is 6.25. The molecule has 0 fully saturated rings. The maximum atomic E-state index is 13.6. The SMILES string of the molecule is COc1ccccc1C1c2sc3c(c2CCN1C(=O)Nc1cccc(F)c1)CCCC3. The number of nitrogens with one attached hydrogen (secondary N) is 1. The number of aryl methyl sites for hydroxylation is 1.